The first-order valence-electron chi connectivity index (χ1n) is 11.0. The first-order valence-corrected chi connectivity index (χ1v) is 11.0. The van der Waals surface area contributed by atoms with E-state index < -0.39 is 11.2 Å². The van der Waals surface area contributed by atoms with Gasteiger partial charge in [0.15, 0.2) is 11.2 Å². The van der Waals surface area contributed by atoms with Gasteiger partial charge in [-0.05, 0) is 50.6 Å². The normalized spacial score (nSPS) is 11.6. The van der Waals surface area contributed by atoms with Crippen LogP contribution in [-0.2, 0) is 13.6 Å². The Morgan fingerprint density at radius 2 is 1.71 bits per heavy atom. The minimum Gasteiger partial charge on any atom is -0.492 e. The Morgan fingerprint density at radius 1 is 1.00 bits per heavy atom. The smallest absolute Gasteiger partial charge is 0.332 e. The lowest BCUT2D eigenvalue weighted by Gasteiger charge is -2.12. The number of aryl methyl sites for hydroxylation is 2. The molecule has 0 unspecified atom stereocenters. The second kappa shape index (κ2) is 8.02. The topological polar surface area (TPSA) is 75.5 Å². The molecule has 3 heterocycles. The van der Waals surface area contributed by atoms with Crippen molar-refractivity contribution in [3.05, 3.63) is 92.1 Å². The van der Waals surface area contributed by atoms with Crippen molar-refractivity contribution in [3.63, 3.8) is 0 Å². The summed E-state index contributed by atoms with van der Waals surface area (Å²) in [6.07, 6.45) is 0. The molecule has 0 atom stereocenters. The third kappa shape index (κ3) is 3.15. The summed E-state index contributed by atoms with van der Waals surface area (Å²) in [5.74, 6) is 0.834. The van der Waals surface area contributed by atoms with E-state index in [9.17, 15) is 14.0 Å². The van der Waals surface area contributed by atoms with Gasteiger partial charge in [-0.1, -0.05) is 24.3 Å². The quantitative estimate of drug-likeness (QED) is 0.402. The van der Waals surface area contributed by atoms with Crippen LogP contribution < -0.4 is 16.0 Å². The molecule has 5 rings (SSSR count). The van der Waals surface area contributed by atoms with E-state index in [0.717, 1.165) is 21.6 Å². The van der Waals surface area contributed by atoms with E-state index in [1.165, 1.54) is 16.7 Å². The van der Waals surface area contributed by atoms with Crippen molar-refractivity contribution in [1.29, 1.82) is 0 Å². The van der Waals surface area contributed by atoms with Crippen LogP contribution in [0.15, 0.2) is 58.1 Å². The second-order valence-corrected chi connectivity index (χ2v) is 8.19. The van der Waals surface area contributed by atoms with E-state index in [0.29, 0.717) is 34.9 Å². The molecule has 8 nitrogen and oxygen atoms in total. The fourth-order valence-electron chi connectivity index (χ4n) is 4.37. The van der Waals surface area contributed by atoms with Crippen molar-refractivity contribution in [2.45, 2.75) is 27.3 Å². The highest BCUT2D eigenvalue weighted by Crippen LogP contribution is 2.30. The standard InChI is InChI=1S/C25H24FN5O3/c1-5-34-20-9-7-6-8-19(20)30-15(2)16(3)31-21-22(27-24(30)31)28(4)25(33)29(23(21)32)14-17-10-12-18(26)13-11-17/h6-13H,5,14H2,1-4H3. The van der Waals surface area contributed by atoms with Crippen LogP contribution in [0.3, 0.4) is 0 Å². The molecule has 0 saturated heterocycles. The number of halogens is 1. The van der Waals surface area contributed by atoms with Crippen LogP contribution in [0.5, 0.6) is 5.75 Å². The maximum absolute atomic E-state index is 13.6. The molecule has 0 bridgehead atoms. The number of imidazole rings is 2. The van der Waals surface area contributed by atoms with Gasteiger partial charge < -0.3 is 4.74 Å². The molecule has 0 aliphatic carbocycles. The molecule has 0 spiro atoms. The summed E-state index contributed by atoms with van der Waals surface area (Å²) in [7, 11) is 1.60. The monoisotopic (exact) mass is 461 g/mol. The average Bonchev–Trinajstić information content (AvgIpc) is 3.33. The Hall–Kier alpha value is -4.14. The summed E-state index contributed by atoms with van der Waals surface area (Å²) in [5, 5.41) is 0. The molecule has 0 aliphatic heterocycles. The van der Waals surface area contributed by atoms with Crippen LogP contribution in [-0.4, -0.2) is 29.7 Å². The number of hydrogen-bond donors (Lipinski definition) is 0. The molecule has 0 radical (unpaired) electrons. The SMILES string of the molecule is CCOc1ccccc1-n1c(C)c(C)n2c3c(=O)n(Cc4ccc(F)cc4)c(=O)n(C)c3nc12. The summed E-state index contributed by atoms with van der Waals surface area (Å²) in [5.41, 5.74) is 2.84. The summed E-state index contributed by atoms with van der Waals surface area (Å²) in [6, 6.07) is 13.4. The molecule has 174 valence electrons. The third-order valence-electron chi connectivity index (χ3n) is 6.18. The molecule has 0 aliphatic rings. The third-order valence-corrected chi connectivity index (χ3v) is 6.18. The zero-order chi connectivity index (χ0) is 24.1. The molecule has 2 aromatic carbocycles. The maximum atomic E-state index is 13.6. The predicted molar refractivity (Wildman–Crippen MR) is 128 cm³/mol. The van der Waals surface area contributed by atoms with Gasteiger partial charge in [-0.3, -0.25) is 22.9 Å². The van der Waals surface area contributed by atoms with E-state index in [2.05, 4.69) is 0 Å². The molecule has 0 fully saturated rings. The number of fused-ring (bicyclic) bond motifs is 3. The van der Waals surface area contributed by atoms with Gasteiger partial charge in [-0.2, -0.15) is 4.98 Å². The number of aromatic nitrogens is 5. The van der Waals surface area contributed by atoms with Crippen LogP contribution in [0.25, 0.3) is 22.6 Å². The van der Waals surface area contributed by atoms with Gasteiger partial charge >= 0.3 is 5.69 Å². The molecular weight excluding hydrogens is 437 g/mol. The van der Waals surface area contributed by atoms with Gasteiger partial charge in [0.25, 0.3) is 5.56 Å². The summed E-state index contributed by atoms with van der Waals surface area (Å²) < 4.78 is 25.4. The number of nitrogens with zero attached hydrogens (tertiary/aromatic N) is 5. The van der Waals surface area contributed by atoms with Gasteiger partial charge in [-0.15, -0.1) is 0 Å². The van der Waals surface area contributed by atoms with E-state index >= 15 is 0 Å². The molecule has 0 saturated carbocycles. The highest BCUT2D eigenvalue weighted by molar-refractivity contribution is 5.77. The second-order valence-electron chi connectivity index (χ2n) is 8.19. The zero-order valence-corrected chi connectivity index (χ0v) is 19.4. The van der Waals surface area contributed by atoms with Crippen molar-refractivity contribution in [1.82, 2.24) is 23.1 Å². The Morgan fingerprint density at radius 3 is 2.41 bits per heavy atom. The van der Waals surface area contributed by atoms with Gasteiger partial charge in [0.1, 0.15) is 11.6 Å². The molecule has 34 heavy (non-hydrogen) atoms. The number of rotatable bonds is 5. The largest absolute Gasteiger partial charge is 0.492 e. The minimum atomic E-state index is -0.488. The van der Waals surface area contributed by atoms with Crippen LogP contribution >= 0.6 is 0 Å². The van der Waals surface area contributed by atoms with Crippen LogP contribution in [0.1, 0.15) is 23.9 Å². The Labute approximate surface area is 194 Å². The average molecular weight is 461 g/mol. The highest BCUT2D eigenvalue weighted by atomic mass is 19.1. The van der Waals surface area contributed by atoms with E-state index in [-0.39, 0.29) is 12.4 Å². The number of ether oxygens (including phenoxy) is 1. The number of hydrogen-bond acceptors (Lipinski definition) is 4. The Balaban J connectivity index is 1.82. The lowest BCUT2D eigenvalue weighted by molar-refractivity contribution is 0.339. The number of benzene rings is 2. The fourth-order valence-corrected chi connectivity index (χ4v) is 4.37. The van der Waals surface area contributed by atoms with E-state index in [4.69, 9.17) is 9.72 Å². The molecule has 0 N–H and O–H groups in total. The van der Waals surface area contributed by atoms with Crippen molar-refractivity contribution < 1.29 is 9.13 Å². The van der Waals surface area contributed by atoms with Gasteiger partial charge in [0.05, 0.1) is 18.8 Å². The van der Waals surface area contributed by atoms with Crippen molar-refractivity contribution in [2.75, 3.05) is 6.61 Å². The number of para-hydroxylation sites is 2. The Bertz CT molecular complexity index is 1670. The predicted octanol–water partition coefficient (Wildman–Crippen LogP) is 3.34. The molecule has 9 heteroatoms. The van der Waals surface area contributed by atoms with Crippen molar-refractivity contribution in [2.24, 2.45) is 7.05 Å². The summed E-state index contributed by atoms with van der Waals surface area (Å²) in [4.78, 5) is 31.4. The van der Waals surface area contributed by atoms with Crippen LogP contribution in [0.2, 0.25) is 0 Å². The first-order chi connectivity index (χ1) is 16.3. The van der Waals surface area contributed by atoms with Crippen LogP contribution in [0.4, 0.5) is 4.39 Å². The van der Waals surface area contributed by atoms with Gasteiger partial charge in [-0.25, -0.2) is 9.18 Å². The van der Waals surface area contributed by atoms with E-state index in [1.807, 2.05) is 49.6 Å². The molecule has 5 aromatic rings. The highest BCUT2D eigenvalue weighted by Gasteiger charge is 2.24. The van der Waals surface area contributed by atoms with Gasteiger partial charge in [0.2, 0.25) is 5.78 Å². The summed E-state index contributed by atoms with van der Waals surface area (Å²) >= 11 is 0. The minimum absolute atomic E-state index is 0.0286. The Kier molecular flexibility index (Phi) is 5.11. The van der Waals surface area contributed by atoms with Crippen LogP contribution in [0, 0.1) is 19.7 Å². The molecule has 0 amide bonds. The first kappa shape index (κ1) is 21.7. The lowest BCUT2D eigenvalue weighted by Crippen LogP contribution is -2.39. The van der Waals surface area contributed by atoms with E-state index in [1.54, 1.807) is 23.6 Å². The summed E-state index contributed by atoms with van der Waals surface area (Å²) in [6.45, 7) is 6.32. The molecular formula is C25H24FN5O3. The zero-order valence-electron chi connectivity index (χ0n) is 19.4. The maximum Gasteiger partial charge on any atom is 0.332 e. The van der Waals surface area contributed by atoms with Gasteiger partial charge in [0, 0.05) is 18.4 Å². The van der Waals surface area contributed by atoms with Crippen molar-refractivity contribution in [3.8, 4) is 11.4 Å². The lowest BCUT2D eigenvalue weighted by atomic mass is 10.2. The molecule has 3 aromatic heterocycles. The fraction of sp³-hybridized carbons (Fsp3) is 0.240. The van der Waals surface area contributed by atoms with Crippen molar-refractivity contribution >= 4 is 16.9 Å².